The van der Waals surface area contributed by atoms with Crippen LogP contribution in [0.4, 0.5) is 0 Å². The predicted molar refractivity (Wildman–Crippen MR) is 48.1 cm³/mol. The number of rotatable bonds is 4. The van der Waals surface area contributed by atoms with Gasteiger partial charge in [-0.15, -0.1) is 5.10 Å². The summed E-state index contributed by atoms with van der Waals surface area (Å²) in [6, 6.07) is 0. The Bertz CT molecular complexity index is 249. The SMILES string of the molecule is CC(C=N/N=N\N)=C(C)N/N=N\N. The molecule has 8 heteroatoms. The van der Waals surface area contributed by atoms with E-state index in [2.05, 4.69) is 31.4 Å². The predicted octanol–water partition coefficient (Wildman–Crippen LogP) is 0.423. The van der Waals surface area contributed by atoms with Gasteiger partial charge in [0.15, 0.2) is 0 Å². The first kappa shape index (κ1) is 11.0. The summed E-state index contributed by atoms with van der Waals surface area (Å²) in [5.74, 6) is 9.52. The Labute approximate surface area is 75.4 Å². The lowest BCUT2D eigenvalue weighted by atomic mass is 10.3. The molecule has 0 aliphatic rings. The van der Waals surface area contributed by atoms with E-state index in [0.717, 1.165) is 11.3 Å². The minimum Gasteiger partial charge on any atom is -0.303 e. The lowest BCUT2D eigenvalue weighted by Crippen LogP contribution is -2.04. The van der Waals surface area contributed by atoms with Gasteiger partial charge in [-0.25, -0.2) is 0 Å². The molecular formula is C5H12N8. The van der Waals surface area contributed by atoms with Gasteiger partial charge in [-0.05, 0) is 24.6 Å². The molecule has 0 bridgehead atoms. The number of nitrogens with two attached hydrogens (primary N) is 2. The third kappa shape index (κ3) is 5.30. The number of nitrogens with one attached hydrogen (secondary N) is 1. The van der Waals surface area contributed by atoms with Crippen LogP contribution in [0, 0.1) is 0 Å². The maximum absolute atomic E-state index is 4.79. The Morgan fingerprint density at radius 3 is 2.46 bits per heavy atom. The molecule has 0 spiro atoms. The van der Waals surface area contributed by atoms with E-state index in [-0.39, 0.29) is 0 Å². The maximum Gasteiger partial charge on any atom is 0.0561 e. The number of hydrogen-bond donors (Lipinski definition) is 3. The van der Waals surface area contributed by atoms with Crippen molar-refractivity contribution in [3.8, 4) is 0 Å². The van der Waals surface area contributed by atoms with Gasteiger partial charge in [0.05, 0.1) is 6.21 Å². The highest BCUT2D eigenvalue weighted by molar-refractivity contribution is 5.78. The van der Waals surface area contributed by atoms with E-state index in [4.69, 9.17) is 11.7 Å². The molecule has 5 N–H and O–H groups in total. The van der Waals surface area contributed by atoms with Crippen molar-refractivity contribution in [3.05, 3.63) is 11.3 Å². The standard InChI is InChI=1S/C5H12N8/c1-4(3-8-12-10-6)5(2)9-13-11-7/h3H,1-2H3,(H2,6,12)(H2,7,13)(H,9,11). The number of allylic oxidation sites excluding steroid dienone is 2. The highest BCUT2D eigenvalue weighted by Crippen LogP contribution is 1.96. The largest absolute Gasteiger partial charge is 0.303 e. The summed E-state index contributed by atoms with van der Waals surface area (Å²) in [4.78, 5) is 0. The van der Waals surface area contributed by atoms with E-state index < -0.39 is 0 Å². The van der Waals surface area contributed by atoms with Gasteiger partial charge in [0.25, 0.3) is 0 Å². The molecule has 0 saturated carbocycles. The van der Waals surface area contributed by atoms with Crippen LogP contribution in [0.15, 0.2) is 37.3 Å². The van der Waals surface area contributed by atoms with E-state index in [1.165, 1.54) is 6.21 Å². The average molecular weight is 184 g/mol. The first-order valence-corrected chi connectivity index (χ1v) is 3.39. The Hall–Kier alpha value is -1.99. The molecule has 0 aliphatic carbocycles. The van der Waals surface area contributed by atoms with Crippen LogP contribution in [0.2, 0.25) is 0 Å². The van der Waals surface area contributed by atoms with Crippen molar-refractivity contribution in [2.75, 3.05) is 0 Å². The summed E-state index contributed by atoms with van der Waals surface area (Å²) in [6.45, 7) is 3.60. The smallest absolute Gasteiger partial charge is 0.0561 e. The second kappa shape index (κ2) is 6.70. The first-order valence-electron chi connectivity index (χ1n) is 3.39. The molecule has 0 rings (SSSR count). The number of nitrogens with zero attached hydrogens (tertiary/aromatic N) is 5. The Kier molecular flexibility index (Phi) is 5.68. The fraction of sp³-hybridized carbons (Fsp3) is 0.400. The van der Waals surface area contributed by atoms with Crippen molar-refractivity contribution in [1.82, 2.24) is 5.43 Å². The topological polar surface area (TPSA) is 126 Å². The molecule has 0 aromatic carbocycles. The third-order valence-electron chi connectivity index (χ3n) is 1.22. The number of hydrogen-bond acceptors (Lipinski definition) is 4. The van der Waals surface area contributed by atoms with Crippen LogP contribution in [0.1, 0.15) is 13.8 Å². The molecule has 13 heavy (non-hydrogen) atoms. The minimum atomic E-state index is 0.755. The van der Waals surface area contributed by atoms with Crippen LogP contribution >= 0.6 is 0 Å². The van der Waals surface area contributed by atoms with Crippen molar-refractivity contribution in [3.63, 3.8) is 0 Å². The fourth-order valence-electron chi connectivity index (χ4n) is 0.431. The maximum atomic E-state index is 4.79. The summed E-state index contributed by atoms with van der Waals surface area (Å²) in [5.41, 5.74) is 4.15. The molecule has 0 aromatic heterocycles. The van der Waals surface area contributed by atoms with E-state index >= 15 is 0 Å². The van der Waals surface area contributed by atoms with Gasteiger partial charge in [-0.1, -0.05) is 15.7 Å². The normalized spacial score (nSPS) is 14.3. The highest BCUT2D eigenvalue weighted by Gasteiger charge is 1.90. The molecule has 0 heterocycles. The molecule has 0 saturated heterocycles. The summed E-state index contributed by atoms with van der Waals surface area (Å²) < 4.78 is 0. The lowest BCUT2D eigenvalue weighted by Gasteiger charge is -1.98. The van der Waals surface area contributed by atoms with Gasteiger partial charge >= 0.3 is 0 Å². The van der Waals surface area contributed by atoms with Crippen LogP contribution in [0.25, 0.3) is 0 Å². The quantitative estimate of drug-likeness (QED) is 0.253. The minimum absolute atomic E-state index is 0.755. The van der Waals surface area contributed by atoms with Gasteiger partial charge in [0.2, 0.25) is 0 Å². The monoisotopic (exact) mass is 184 g/mol. The van der Waals surface area contributed by atoms with Crippen molar-refractivity contribution in [1.29, 1.82) is 0 Å². The second-order valence-corrected chi connectivity index (χ2v) is 2.08. The van der Waals surface area contributed by atoms with E-state index in [1.54, 1.807) is 6.92 Å². The van der Waals surface area contributed by atoms with Crippen LogP contribution in [-0.4, -0.2) is 6.21 Å². The zero-order valence-corrected chi connectivity index (χ0v) is 7.47. The molecule has 0 unspecified atom stereocenters. The van der Waals surface area contributed by atoms with Crippen molar-refractivity contribution in [2.24, 2.45) is 37.7 Å². The van der Waals surface area contributed by atoms with Crippen LogP contribution < -0.4 is 17.1 Å². The van der Waals surface area contributed by atoms with Crippen molar-refractivity contribution < 1.29 is 0 Å². The van der Waals surface area contributed by atoms with Crippen molar-refractivity contribution >= 4 is 6.21 Å². The zero-order valence-electron chi connectivity index (χ0n) is 7.47. The molecule has 0 amide bonds. The van der Waals surface area contributed by atoms with E-state index in [0.29, 0.717) is 0 Å². The van der Waals surface area contributed by atoms with E-state index in [9.17, 15) is 0 Å². The van der Waals surface area contributed by atoms with Crippen LogP contribution in [0.3, 0.4) is 0 Å². The summed E-state index contributed by atoms with van der Waals surface area (Å²) >= 11 is 0. The summed E-state index contributed by atoms with van der Waals surface area (Å²) in [6.07, 6.45) is 1.48. The molecule has 0 radical (unpaired) electrons. The lowest BCUT2D eigenvalue weighted by molar-refractivity contribution is 0.774. The zero-order chi connectivity index (χ0) is 10.1. The molecular weight excluding hydrogens is 172 g/mol. The summed E-state index contributed by atoms with van der Waals surface area (Å²) in [5, 5.41) is 16.1. The highest BCUT2D eigenvalue weighted by atomic mass is 15.5. The molecule has 0 atom stereocenters. The Morgan fingerprint density at radius 1 is 1.23 bits per heavy atom. The van der Waals surface area contributed by atoms with Gasteiger partial charge in [-0.3, -0.25) is 5.43 Å². The molecule has 0 aliphatic heterocycles. The third-order valence-corrected chi connectivity index (χ3v) is 1.22. The van der Waals surface area contributed by atoms with Gasteiger partial charge in [-0.2, -0.15) is 0 Å². The summed E-state index contributed by atoms with van der Waals surface area (Å²) in [7, 11) is 0. The van der Waals surface area contributed by atoms with Gasteiger partial charge in [0.1, 0.15) is 0 Å². The fourth-order valence-corrected chi connectivity index (χ4v) is 0.431. The van der Waals surface area contributed by atoms with Crippen LogP contribution in [-0.2, 0) is 0 Å². The van der Waals surface area contributed by atoms with Gasteiger partial charge in [0, 0.05) is 5.70 Å². The molecule has 0 aromatic rings. The first-order chi connectivity index (χ1) is 6.22. The van der Waals surface area contributed by atoms with Gasteiger partial charge < -0.3 is 11.7 Å². The Balaban J connectivity index is 4.25. The Morgan fingerprint density at radius 2 is 1.92 bits per heavy atom. The average Bonchev–Trinajstić information content (AvgIpc) is 2.14. The van der Waals surface area contributed by atoms with Crippen LogP contribution in [0.5, 0.6) is 0 Å². The van der Waals surface area contributed by atoms with Crippen molar-refractivity contribution in [2.45, 2.75) is 13.8 Å². The second-order valence-electron chi connectivity index (χ2n) is 2.08. The van der Waals surface area contributed by atoms with E-state index in [1.807, 2.05) is 6.92 Å². The molecule has 72 valence electrons. The molecule has 8 nitrogen and oxygen atoms in total. The molecule has 0 fully saturated rings.